The molecule has 2 heterocycles. The first-order valence-corrected chi connectivity index (χ1v) is 4.28. The van der Waals surface area contributed by atoms with Gasteiger partial charge in [-0.1, -0.05) is 0 Å². The van der Waals surface area contributed by atoms with Gasteiger partial charge >= 0.3 is 5.97 Å². The normalized spacial score (nSPS) is 27.4. The second kappa shape index (κ2) is 3.81. The zero-order valence-electron chi connectivity index (χ0n) is 7.38. The lowest BCUT2D eigenvalue weighted by Gasteiger charge is -2.27. The van der Waals surface area contributed by atoms with Gasteiger partial charge in [-0.25, -0.2) is 4.79 Å². The number of carbonyl (C=O) groups is 1. The highest BCUT2D eigenvalue weighted by molar-refractivity contribution is 5.73. The predicted octanol–water partition coefficient (Wildman–Crippen LogP) is 0.821. The quantitative estimate of drug-likeness (QED) is 0.761. The fourth-order valence-corrected chi connectivity index (χ4v) is 1.41. The molecule has 1 aromatic rings. The maximum absolute atomic E-state index is 10.8. The number of ether oxygens (including phenoxy) is 2. The lowest BCUT2D eigenvalue weighted by Crippen LogP contribution is -2.38. The minimum absolute atomic E-state index is 0.300. The Morgan fingerprint density at radius 1 is 1.43 bits per heavy atom. The van der Waals surface area contributed by atoms with Crippen molar-refractivity contribution in [1.82, 2.24) is 0 Å². The van der Waals surface area contributed by atoms with Gasteiger partial charge in [0.05, 0.1) is 19.5 Å². The summed E-state index contributed by atoms with van der Waals surface area (Å²) in [6.45, 7) is 0.684. The van der Waals surface area contributed by atoms with E-state index in [4.69, 9.17) is 19.0 Å². The first kappa shape index (κ1) is 9.23. The maximum Gasteiger partial charge on any atom is 0.336 e. The van der Waals surface area contributed by atoms with E-state index in [9.17, 15) is 4.79 Å². The average Bonchev–Trinajstić information content (AvgIpc) is 2.70. The van der Waals surface area contributed by atoms with Crippen LogP contribution in [0.3, 0.4) is 0 Å². The number of carboxylic acid groups (broad SMARTS) is 1. The molecule has 76 valence electrons. The van der Waals surface area contributed by atoms with E-state index < -0.39 is 18.2 Å². The van der Waals surface area contributed by atoms with Gasteiger partial charge in [0, 0.05) is 0 Å². The summed E-state index contributed by atoms with van der Waals surface area (Å²) in [7, 11) is 0. The molecule has 0 aromatic carbocycles. The Morgan fingerprint density at radius 3 is 2.86 bits per heavy atom. The Hall–Kier alpha value is -1.33. The Bertz CT molecular complexity index is 305. The summed E-state index contributed by atoms with van der Waals surface area (Å²) in [5, 5.41) is 8.86. The molecule has 1 aromatic heterocycles. The average molecular weight is 198 g/mol. The van der Waals surface area contributed by atoms with E-state index >= 15 is 0 Å². The van der Waals surface area contributed by atoms with Gasteiger partial charge < -0.3 is 19.0 Å². The molecule has 0 aliphatic carbocycles. The Labute approximate surface area is 80.2 Å². The molecule has 0 saturated carbocycles. The minimum Gasteiger partial charge on any atom is -0.479 e. The third kappa shape index (κ3) is 1.64. The van der Waals surface area contributed by atoms with Gasteiger partial charge in [0.15, 0.2) is 12.2 Å². The van der Waals surface area contributed by atoms with Crippen LogP contribution in [0.4, 0.5) is 0 Å². The molecule has 1 fully saturated rings. The summed E-state index contributed by atoms with van der Waals surface area (Å²) in [6.07, 6.45) is -0.141. The van der Waals surface area contributed by atoms with Crippen LogP contribution in [0.15, 0.2) is 22.8 Å². The molecule has 0 bridgehead atoms. The van der Waals surface area contributed by atoms with Crippen LogP contribution in [0.25, 0.3) is 0 Å². The summed E-state index contributed by atoms with van der Waals surface area (Å²) in [6, 6.07) is 3.36. The number of hydrogen-bond donors (Lipinski definition) is 1. The summed E-state index contributed by atoms with van der Waals surface area (Å²) < 4.78 is 15.5. The maximum atomic E-state index is 10.8. The first-order valence-electron chi connectivity index (χ1n) is 4.28. The number of aliphatic carboxylic acids is 1. The molecule has 1 aliphatic heterocycles. The highest BCUT2D eigenvalue weighted by Gasteiger charge is 2.35. The van der Waals surface area contributed by atoms with Crippen molar-refractivity contribution in [2.45, 2.75) is 12.2 Å². The lowest BCUT2D eigenvalue weighted by atomic mass is 10.1. The van der Waals surface area contributed by atoms with E-state index in [0.29, 0.717) is 19.0 Å². The van der Waals surface area contributed by atoms with Gasteiger partial charge in [-0.3, -0.25) is 0 Å². The standard InChI is InChI=1S/C9H10O5/c10-9(11)8-7(13-4-5-14-8)6-2-1-3-12-6/h1-3,7-8H,4-5H2,(H,10,11)/t7-,8-/m1/s1. The molecular weight excluding hydrogens is 188 g/mol. The van der Waals surface area contributed by atoms with Crippen LogP contribution < -0.4 is 0 Å². The Kier molecular flexibility index (Phi) is 2.51. The van der Waals surface area contributed by atoms with E-state index in [1.165, 1.54) is 6.26 Å². The van der Waals surface area contributed by atoms with Crippen molar-refractivity contribution in [3.63, 3.8) is 0 Å². The summed E-state index contributed by atoms with van der Waals surface area (Å²) in [5.74, 6) is -0.553. The van der Waals surface area contributed by atoms with E-state index in [1.54, 1.807) is 12.1 Å². The molecule has 1 aliphatic rings. The van der Waals surface area contributed by atoms with Gasteiger partial charge in [-0.15, -0.1) is 0 Å². The SMILES string of the molecule is O=C(O)[C@@H]1OCCO[C@@H]1c1ccco1. The fraction of sp³-hybridized carbons (Fsp3) is 0.444. The van der Waals surface area contributed by atoms with Crippen molar-refractivity contribution in [2.75, 3.05) is 13.2 Å². The Morgan fingerprint density at radius 2 is 2.21 bits per heavy atom. The minimum atomic E-state index is -1.04. The van der Waals surface area contributed by atoms with Gasteiger partial charge in [0.1, 0.15) is 5.76 Å². The third-order valence-corrected chi connectivity index (χ3v) is 2.02. The number of rotatable bonds is 2. The van der Waals surface area contributed by atoms with Crippen LogP contribution in [-0.2, 0) is 14.3 Å². The van der Waals surface area contributed by atoms with Gasteiger partial charge in [-0.05, 0) is 12.1 Å². The van der Waals surface area contributed by atoms with Crippen LogP contribution >= 0.6 is 0 Å². The van der Waals surface area contributed by atoms with Crippen LogP contribution in [0.5, 0.6) is 0 Å². The highest BCUT2D eigenvalue weighted by atomic mass is 16.6. The molecule has 0 spiro atoms. The highest BCUT2D eigenvalue weighted by Crippen LogP contribution is 2.26. The molecule has 2 atom stereocenters. The molecule has 2 rings (SSSR count). The van der Waals surface area contributed by atoms with Crippen molar-refractivity contribution in [3.05, 3.63) is 24.2 Å². The number of hydrogen-bond acceptors (Lipinski definition) is 4. The molecule has 0 unspecified atom stereocenters. The zero-order chi connectivity index (χ0) is 9.97. The van der Waals surface area contributed by atoms with Crippen molar-refractivity contribution in [1.29, 1.82) is 0 Å². The molecule has 5 nitrogen and oxygen atoms in total. The van der Waals surface area contributed by atoms with Crippen LogP contribution in [0, 0.1) is 0 Å². The number of carboxylic acids is 1. The molecule has 0 radical (unpaired) electrons. The second-order valence-electron chi connectivity index (χ2n) is 2.94. The van der Waals surface area contributed by atoms with Crippen LogP contribution in [0.2, 0.25) is 0 Å². The summed E-state index contributed by atoms with van der Waals surface area (Å²) >= 11 is 0. The van der Waals surface area contributed by atoms with Crippen molar-refractivity contribution in [3.8, 4) is 0 Å². The van der Waals surface area contributed by atoms with Crippen LogP contribution in [-0.4, -0.2) is 30.4 Å². The molecular formula is C9H10O5. The van der Waals surface area contributed by atoms with E-state index in [1.807, 2.05) is 0 Å². The van der Waals surface area contributed by atoms with Crippen molar-refractivity contribution >= 4 is 5.97 Å². The van der Waals surface area contributed by atoms with Crippen molar-refractivity contribution in [2.24, 2.45) is 0 Å². The molecule has 1 N–H and O–H groups in total. The molecule has 1 saturated heterocycles. The summed E-state index contributed by atoms with van der Waals surface area (Å²) in [4.78, 5) is 10.8. The first-order chi connectivity index (χ1) is 6.79. The molecule has 14 heavy (non-hydrogen) atoms. The van der Waals surface area contributed by atoms with Gasteiger partial charge in [0.25, 0.3) is 0 Å². The monoisotopic (exact) mass is 198 g/mol. The van der Waals surface area contributed by atoms with E-state index in [-0.39, 0.29) is 0 Å². The third-order valence-electron chi connectivity index (χ3n) is 2.02. The second-order valence-corrected chi connectivity index (χ2v) is 2.94. The topological polar surface area (TPSA) is 68.9 Å². The molecule has 0 amide bonds. The smallest absolute Gasteiger partial charge is 0.336 e. The Balaban J connectivity index is 2.18. The lowest BCUT2D eigenvalue weighted by molar-refractivity contribution is -0.184. The predicted molar refractivity (Wildman–Crippen MR) is 44.8 cm³/mol. The van der Waals surface area contributed by atoms with Crippen molar-refractivity contribution < 1.29 is 23.8 Å². The van der Waals surface area contributed by atoms with Crippen LogP contribution in [0.1, 0.15) is 11.9 Å². The number of furan rings is 1. The fourth-order valence-electron chi connectivity index (χ4n) is 1.41. The summed E-state index contributed by atoms with van der Waals surface area (Å²) in [5.41, 5.74) is 0. The van der Waals surface area contributed by atoms with E-state index in [2.05, 4.69) is 0 Å². The largest absolute Gasteiger partial charge is 0.479 e. The van der Waals surface area contributed by atoms with Gasteiger partial charge in [-0.2, -0.15) is 0 Å². The van der Waals surface area contributed by atoms with E-state index in [0.717, 1.165) is 0 Å². The van der Waals surface area contributed by atoms with Gasteiger partial charge in [0.2, 0.25) is 0 Å². The molecule has 5 heteroatoms. The zero-order valence-corrected chi connectivity index (χ0v) is 7.38.